The van der Waals surface area contributed by atoms with Gasteiger partial charge in [-0.3, -0.25) is 14.7 Å². The minimum absolute atomic E-state index is 0.0550. The van der Waals surface area contributed by atoms with Crippen molar-refractivity contribution >= 4 is 17.6 Å². The zero-order valence-corrected chi connectivity index (χ0v) is 15.9. The zero-order valence-electron chi connectivity index (χ0n) is 15.9. The first kappa shape index (κ1) is 18.7. The molecule has 1 heterocycles. The maximum absolute atomic E-state index is 11.2. The minimum Gasteiger partial charge on any atom is -0.352 e. The molecule has 142 valence electrons. The molecule has 1 unspecified atom stereocenters. The Morgan fingerprint density at radius 1 is 1.27 bits per heavy atom. The Labute approximate surface area is 156 Å². The highest BCUT2D eigenvalue weighted by atomic mass is 16.1. The van der Waals surface area contributed by atoms with Crippen LogP contribution in [0.2, 0.25) is 0 Å². The number of aliphatic imine (C=N–C) groups is 1. The van der Waals surface area contributed by atoms with Crippen molar-refractivity contribution < 1.29 is 4.79 Å². The highest BCUT2D eigenvalue weighted by Gasteiger charge is 2.30. The maximum Gasteiger partial charge on any atom is 0.221 e. The number of nitrogens with zero attached hydrogens (tertiary/aromatic N) is 2. The van der Waals surface area contributed by atoms with Crippen molar-refractivity contribution in [1.29, 1.82) is 0 Å². The number of rotatable bonds is 5. The third-order valence-corrected chi connectivity index (χ3v) is 5.33. The van der Waals surface area contributed by atoms with Gasteiger partial charge >= 0.3 is 0 Å². The van der Waals surface area contributed by atoms with Crippen LogP contribution in [0.15, 0.2) is 29.3 Å². The van der Waals surface area contributed by atoms with E-state index in [1.54, 1.807) is 0 Å². The van der Waals surface area contributed by atoms with Gasteiger partial charge in [0.2, 0.25) is 5.91 Å². The molecule has 0 bridgehead atoms. The second-order valence-corrected chi connectivity index (χ2v) is 7.37. The number of hydrogen-bond donors (Lipinski definition) is 3. The highest BCUT2D eigenvalue weighted by Crippen LogP contribution is 2.26. The summed E-state index contributed by atoms with van der Waals surface area (Å²) in [6.45, 7) is 4.50. The number of amides is 1. The molecule has 1 aromatic rings. The molecule has 0 spiro atoms. The molecule has 6 nitrogen and oxygen atoms in total. The van der Waals surface area contributed by atoms with E-state index in [-0.39, 0.29) is 5.91 Å². The van der Waals surface area contributed by atoms with Gasteiger partial charge in [0.25, 0.3) is 0 Å². The first-order valence-corrected chi connectivity index (χ1v) is 9.72. The molecule has 2 aliphatic rings. The Hall–Kier alpha value is -2.08. The first-order valence-electron chi connectivity index (χ1n) is 9.72. The molecule has 1 saturated heterocycles. The largest absolute Gasteiger partial charge is 0.352 e. The quantitative estimate of drug-likeness (QED) is 0.559. The molecule has 3 N–H and O–H groups in total. The molecule has 2 fully saturated rings. The standard InChI is InChI=1S/C20H31N5O/c1-15(26)23-17-7-5-6-16(12-17)13-22-20(21-2)24-18-10-11-25(14-18)19-8-3-4-9-19/h5-7,12,18-19H,3-4,8-11,13-14H2,1-2H3,(H,23,26)(H2,21,22,24). The summed E-state index contributed by atoms with van der Waals surface area (Å²) in [6, 6.07) is 9.14. The van der Waals surface area contributed by atoms with Gasteiger partial charge in [0.1, 0.15) is 0 Å². The van der Waals surface area contributed by atoms with E-state index in [1.807, 2.05) is 31.3 Å². The number of hydrogen-bond acceptors (Lipinski definition) is 3. The fourth-order valence-electron chi connectivity index (χ4n) is 4.04. The summed E-state index contributed by atoms with van der Waals surface area (Å²) in [4.78, 5) is 18.2. The van der Waals surface area contributed by atoms with Crippen molar-refractivity contribution in [2.75, 3.05) is 25.5 Å². The average molecular weight is 358 g/mol. The molecule has 6 heteroatoms. The molecule has 1 saturated carbocycles. The molecular formula is C20H31N5O. The topological polar surface area (TPSA) is 68.8 Å². The second-order valence-electron chi connectivity index (χ2n) is 7.37. The van der Waals surface area contributed by atoms with E-state index in [0.29, 0.717) is 12.6 Å². The van der Waals surface area contributed by atoms with E-state index in [4.69, 9.17) is 0 Å². The number of carbonyl (C=O) groups excluding carboxylic acids is 1. The summed E-state index contributed by atoms with van der Waals surface area (Å²) in [5.74, 6) is 0.786. The predicted molar refractivity (Wildman–Crippen MR) is 106 cm³/mol. The number of benzene rings is 1. The molecule has 1 atom stereocenters. The van der Waals surface area contributed by atoms with E-state index < -0.39 is 0 Å². The van der Waals surface area contributed by atoms with Crippen LogP contribution < -0.4 is 16.0 Å². The van der Waals surface area contributed by atoms with Crippen LogP contribution in [0.5, 0.6) is 0 Å². The molecule has 0 aromatic heterocycles. The van der Waals surface area contributed by atoms with Gasteiger partial charge < -0.3 is 16.0 Å². The van der Waals surface area contributed by atoms with Gasteiger partial charge in [-0.2, -0.15) is 0 Å². The minimum atomic E-state index is -0.0550. The van der Waals surface area contributed by atoms with Gasteiger partial charge in [-0.15, -0.1) is 0 Å². The van der Waals surface area contributed by atoms with Gasteiger partial charge in [0, 0.05) is 51.4 Å². The first-order chi connectivity index (χ1) is 12.6. The second kappa shape index (κ2) is 9.03. The van der Waals surface area contributed by atoms with Gasteiger partial charge in [-0.1, -0.05) is 25.0 Å². The average Bonchev–Trinajstić information content (AvgIpc) is 3.29. The van der Waals surface area contributed by atoms with Crippen molar-refractivity contribution in [3.05, 3.63) is 29.8 Å². The third-order valence-electron chi connectivity index (χ3n) is 5.33. The van der Waals surface area contributed by atoms with E-state index in [1.165, 1.54) is 45.6 Å². The van der Waals surface area contributed by atoms with Crippen LogP contribution in [-0.2, 0) is 11.3 Å². The number of carbonyl (C=O) groups is 1. The van der Waals surface area contributed by atoms with Gasteiger partial charge in [-0.05, 0) is 37.0 Å². The van der Waals surface area contributed by atoms with Crippen LogP contribution >= 0.6 is 0 Å². The Morgan fingerprint density at radius 2 is 2.08 bits per heavy atom. The summed E-state index contributed by atoms with van der Waals surface area (Å²) in [5.41, 5.74) is 1.93. The summed E-state index contributed by atoms with van der Waals surface area (Å²) in [6.07, 6.45) is 6.68. The molecule has 1 aliphatic heterocycles. The van der Waals surface area contributed by atoms with Crippen molar-refractivity contribution in [2.24, 2.45) is 4.99 Å². The fourth-order valence-corrected chi connectivity index (χ4v) is 4.04. The Balaban J connectivity index is 1.47. The lowest BCUT2D eigenvalue weighted by atomic mass is 10.2. The molecular weight excluding hydrogens is 326 g/mol. The molecule has 1 aliphatic carbocycles. The molecule has 26 heavy (non-hydrogen) atoms. The van der Waals surface area contributed by atoms with Crippen LogP contribution in [0.3, 0.4) is 0 Å². The van der Waals surface area contributed by atoms with E-state index in [2.05, 4.69) is 25.8 Å². The smallest absolute Gasteiger partial charge is 0.221 e. The number of likely N-dealkylation sites (tertiary alicyclic amines) is 1. The lowest BCUT2D eigenvalue weighted by molar-refractivity contribution is -0.114. The molecule has 3 rings (SSSR count). The third kappa shape index (κ3) is 5.21. The van der Waals surface area contributed by atoms with Crippen molar-refractivity contribution in [3.63, 3.8) is 0 Å². The zero-order chi connectivity index (χ0) is 18.4. The van der Waals surface area contributed by atoms with E-state index in [0.717, 1.165) is 29.8 Å². The van der Waals surface area contributed by atoms with Crippen LogP contribution in [0.25, 0.3) is 0 Å². The monoisotopic (exact) mass is 357 g/mol. The van der Waals surface area contributed by atoms with Crippen LogP contribution in [0.1, 0.15) is 44.6 Å². The summed E-state index contributed by atoms with van der Waals surface area (Å²) < 4.78 is 0. The summed E-state index contributed by atoms with van der Waals surface area (Å²) in [7, 11) is 1.81. The molecule has 1 amide bonds. The summed E-state index contributed by atoms with van der Waals surface area (Å²) >= 11 is 0. The van der Waals surface area contributed by atoms with Crippen molar-refractivity contribution in [1.82, 2.24) is 15.5 Å². The Morgan fingerprint density at radius 3 is 2.81 bits per heavy atom. The fraction of sp³-hybridized carbons (Fsp3) is 0.600. The Kier molecular flexibility index (Phi) is 6.50. The lowest BCUT2D eigenvalue weighted by Gasteiger charge is -2.24. The maximum atomic E-state index is 11.2. The van der Waals surface area contributed by atoms with Crippen molar-refractivity contribution in [2.45, 2.75) is 57.7 Å². The van der Waals surface area contributed by atoms with Crippen molar-refractivity contribution in [3.8, 4) is 0 Å². The number of guanidine groups is 1. The van der Waals surface area contributed by atoms with Gasteiger partial charge in [-0.25, -0.2) is 0 Å². The van der Waals surface area contributed by atoms with Crippen LogP contribution in [-0.4, -0.2) is 49.0 Å². The molecule has 0 radical (unpaired) electrons. The van der Waals surface area contributed by atoms with Crippen LogP contribution in [0, 0.1) is 0 Å². The SMILES string of the molecule is CN=C(NCc1cccc(NC(C)=O)c1)NC1CCN(C2CCCC2)C1. The highest BCUT2D eigenvalue weighted by molar-refractivity contribution is 5.88. The summed E-state index contributed by atoms with van der Waals surface area (Å²) in [5, 5.41) is 9.77. The van der Waals surface area contributed by atoms with Gasteiger partial charge in [0.05, 0.1) is 0 Å². The van der Waals surface area contributed by atoms with Crippen LogP contribution in [0.4, 0.5) is 5.69 Å². The Bertz CT molecular complexity index is 639. The number of anilines is 1. The lowest BCUT2D eigenvalue weighted by Crippen LogP contribution is -2.45. The predicted octanol–water partition coefficient (Wildman–Crippen LogP) is 2.33. The number of nitrogens with one attached hydrogen (secondary N) is 3. The van der Waals surface area contributed by atoms with E-state index >= 15 is 0 Å². The normalized spacial score (nSPS) is 21.8. The molecule has 1 aromatic carbocycles. The van der Waals surface area contributed by atoms with Gasteiger partial charge in [0.15, 0.2) is 5.96 Å². The van der Waals surface area contributed by atoms with E-state index in [9.17, 15) is 4.79 Å².